The van der Waals surface area contributed by atoms with Gasteiger partial charge in [0, 0.05) is 9.92 Å². The molecule has 2 atom stereocenters. The van der Waals surface area contributed by atoms with E-state index in [4.69, 9.17) is 51.1 Å². The molecule has 0 aliphatic rings. The van der Waals surface area contributed by atoms with Crippen molar-refractivity contribution in [1.29, 1.82) is 0 Å². The highest BCUT2D eigenvalue weighted by Crippen LogP contribution is 2.38. The standard InChI is InChI=1S/C15H12Cl4OS/c1-9(21-14-12(17)3-2-4-13(14)18)15(19)20-11-7-5-10(16)6-8-11/h2-9,15H,1H3. The predicted molar refractivity (Wildman–Crippen MR) is 93.5 cm³/mol. The molecule has 6 heteroatoms. The van der Waals surface area contributed by atoms with Gasteiger partial charge in [0.05, 0.1) is 15.3 Å². The van der Waals surface area contributed by atoms with E-state index < -0.39 is 5.56 Å². The Balaban J connectivity index is 2.02. The highest BCUT2D eigenvalue weighted by molar-refractivity contribution is 8.00. The number of hydrogen-bond acceptors (Lipinski definition) is 2. The van der Waals surface area contributed by atoms with E-state index in [0.29, 0.717) is 20.8 Å². The van der Waals surface area contributed by atoms with Crippen molar-refractivity contribution in [3.8, 4) is 5.75 Å². The summed E-state index contributed by atoms with van der Waals surface area (Å²) in [6.45, 7) is 1.96. The number of rotatable bonds is 5. The molecule has 2 rings (SSSR count). The average Bonchev–Trinajstić information content (AvgIpc) is 2.45. The molecule has 0 saturated heterocycles. The predicted octanol–water partition coefficient (Wildman–Crippen LogP) is 6.77. The van der Waals surface area contributed by atoms with Gasteiger partial charge in [0.15, 0.2) is 5.56 Å². The van der Waals surface area contributed by atoms with Crippen molar-refractivity contribution in [2.24, 2.45) is 0 Å². The summed E-state index contributed by atoms with van der Waals surface area (Å²) in [5.74, 6) is 0.664. The van der Waals surface area contributed by atoms with E-state index in [1.807, 2.05) is 13.0 Å². The third-order valence-electron chi connectivity index (χ3n) is 2.65. The molecule has 0 aromatic heterocycles. The van der Waals surface area contributed by atoms with E-state index in [2.05, 4.69) is 0 Å². The second-order valence-corrected chi connectivity index (χ2v) is 7.37. The zero-order chi connectivity index (χ0) is 15.4. The van der Waals surface area contributed by atoms with Gasteiger partial charge in [0.2, 0.25) is 0 Å². The van der Waals surface area contributed by atoms with Crippen LogP contribution >= 0.6 is 58.2 Å². The van der Waals surface area contributed by atoms with Crippen molar-refractivity contribution >= 4 is 58.2 Å². The Morgan fingerprint density at radius 1 is 0.952 bits per heavy atom. The zero-order valence-corrected chi connectivity index (χ0v) is 14.9. The first-order valence-electron chi connectivity index (χ1n) is 6.14. The van der Waals surface area contributed by atoms with E-state index in [1.165, 1.54) is 11.8 Å². The largest absolute Gasteiger partial charge is 0.474 e. The first kappa shape index (κ1) is 17.1. The maximum Gasteiger partial charge on any atom is 0.184 e. The number of halogens is 4. The molecule has 0 spiro atoms. The van der Waals surface area contributed by atoms with E-state index in [9.17, 15) is 0 Å². The fourth-order valence-electron chi connectivity index (χ4n) is 1.57. The molecule has 2 aromatic rings. The van der Waals surface area contributed by atoms with Gasteiger partial charge in [-0.2, -0.15) is 0 Å². The lowest BCUT2D eigenvalue weighted by Crippen LogP contribution is -2.20. The number of alkyl halides is 1. The molecule has 0 bridgehead atoms. The zero-order valence-electron chi connectivity index (χ0n) is 11.0. The molecule has 0 aliphatic heterocycles. The Hall–Kier alpha value is -0.250. The Kier molecular flexibility index (Phi) is 6.39. The molecule has 1 nitrogen and oxygen atoms in total. The molecule has 0 heterocycles. The van der Waals surface area contributed by atoms with Crippen LogP contribution in [-0.4, -0.2) is 10.8 Å². The maximum atomic E-state index is 6.30. The van der Waals surface area contributed by atoms with Gasteiger partial charge in [-0.3, -0.25) is 0 Å². The van der Waals surface area contributed by atoms with E-state index >= 15 is 0 Å². The number of thioether (sulfide) groups is 1. The molecule has 0 fully saturated rings. The van der Waals surface area contributed by atoms with Gasteiger partial charge in [-0.05, 0) is 43.3 Å². The maximum absolute atomic E-state index is 6.30. The van der Waals surface area contributed by atoms with Gasteiger partial charge in [0.1, 0.15) is 5.75 Å². The van der Waals surface area contributed by atoms with Gasteiger partial charge in [-0.1, -0.05) is 52.5 Å². The van der Waals surface area contributed by atoms with E-state index in [-0.39, 0.29) is 5.25 Å². The van der Waals surface area contributed by atoms with Crippen LogP contribution in [0.1, 0.15) is 6.92 Å². The molecule has 0 amide bonds. The second kappa shape index (κ2) is 7.85. The third kappa shape index (κ3) is 4.87. The molecule has 0 saturated carbocycles. The Morgan fingerprint density at radius 3 is 2.10 bits per heavy atom. The molecular weight excluding hydrogens is 370 g/mol. The molecule has 21 heavy (non-hydrogen) atoms. The minimum atomic E-state index is -0.525. The third-order valence-corrected chi connectivity index (χ3v) is 5.67. The lowest BCUT2D eigenvalue weighted by atomic mass is 10.3. The fraction of sp³-hybridized carbons (Fsp3) is 0.200. The molecule has 2 aromatic carbocycles. The van der Waals surface area contributed by atoms with Gasteiger partial charge in [-0.15, -0.1) is 11.8 Å². The molecule has 2 unspecified atom stereocenters. The number of benzene rings is 2. The smallest absolute Gasteiger partial charge is 0.184 e. The van der Waals surface area contributed by atoms with Crippen molar-refractivity contribution < 1.29 is 4.74 Å². The van der Waals surface area contributed by atoms with Crippen LogP contribution in [0.5, 0.6) is 5.75 Å². The van der Waals surface area contributed by atoms with Crippen molar-refractivity contribution in [1.82, 2.24) is 0 Å². The minimum Gasteiger partial charge on any atom is -0.474 e. The molecule has 0 radical (unpaired) electrons. The van der Waals surface area contributed by atoms with E-state index in [1.54, 1.807) is 36.4 Å². The van der Waals surface area contributed by atoms with Crippen molar-refractivity contribution in [3.05, 3.63) is 57.5 Å². The van der Waals surface area contributed by atoms with Crippen molar-refractivity contribution in [2.75, 3.05) is 0 Å². The van der Waals surface area contributed by atoms with Crippen LogP contribution in [0.2, 0.25) is 15.1 Å². The summed E-state index contributed by atoms with van der Waals surface area (Å²) >= 11 is 25.9. The van der Waals surface area contributed by atoms with Crippen molar-refractivity contribution in [3.63, 3.8) is 0 Å². The van der Waals surface area contributed by atoms with Crippen molar-refractivity contribution in [2.45, 2.75) is 22.6 Å². The molecule has 0 aliphatic carbocycles. The number of hydrogen-bond donors (Lipinski definition) is 0. The van der Waals surface area contributed by atoms with Crippen LogP contribution in [0, 0.1) is 0 Å². The summed E-state index contributed by atoms with van der Waals surface area (Å²) in [5, 5.41) is 1.82. The van der Waals surface area contributed by atoms with Crippen LogP contribution in [0.3, 0.4) is 0 Å². The van der Waals surface area contributed by atoms with Crippen LogP contribution in [-0.2, 0) is 0 Å². The summed E-state index contributed by atoms with van der Waals surface area (Å²) < 4.78 is 5.68. The van der Waals surface area contributed by atoms with Crippen LogP contribution in [0.15, 0.2) is 47.4 Å². The average molecular weight is 382 g/mol. The van der Waals surface area contributed by atoms with Gasteiger partial charge in [-0.25, -0.2) is 0 Å². The quantitative estimate of drug-likeness (QED) is 0.417. The molecule has 0 N–H and O–H groups in total. The summed E-state index contributed by atoms with van der Waals surface area (Å²) in [6.07, 6.45) is 0. The normalized spacial score (nSPS) is 13.8. The molecule has 112 valence electrons. The Morgan fingerprint density at radius 2 is 1.52 bits per heavy atom. The monoisotopic (exact) mass is 380 g/mol. The summed E-state index contributed by atoms with van der Waals surface area (Å²) in [5.41, 5.74) is -0.525. The van der Waals surface area contributed by atoms with Gasteiger partial charge in [0.25, 0.3) is 0 Å². The van der Waals surface area contributed by atoms with Gasteiger partial charge < -0.3 is 4.74 Å². The highest BCUT2D eigenvalue weighted by Gasteiger charge is 2.20. The summed E-state index contributed by atoms with van der Waals surface area (Å²) in [7, 11) is 0. The lowest BCUT2D eigenvalue weighted by molar-refractivity contribution is 0.282. The fourth-order valence-corrected chi connectivity index (χ4v) is 3.52. The lowest BCUT2D eigenvalue weighted by Gasteiger charge is -2.20. The van der Waals surface area contributed by atoms with Gasteiger partial charge >= 0.3 is 0 Å². The summed E-state index contributed by atoms with van der Waals surface area (Å²) in [6, 6.07) is 12.5. The van der Waals surface area contributed by atoms with Crippen LogP contribution in [0.4, 0.5) is 0 Å². The SMILES string of the molecule is CC(Sc1c(Cl)cccc1Cl)C(Cl)Oc1ccc(Cl)cc1. The van der Waals surface area contributed by atoms with E-state index in [0.717, 1.165) is 4.90 Å². The van der Waals surface area contributed by atoms with Crippen LogP contribution in [0.25, 0.3) is 0 Å². The first-order valence-corrected chi connectivity index (χ1v) is 8.59. The first-order chi connectivity index (χ1) is 9.97. The van der Waals surface area contributed by atoms with Crippen LogP contribution < -0.4 is 4.74 Å². The minimum absolute atomic E-state index is 0.0419. The highest BCUT2D eigenvalue weighted by atomic mass is 35.5. The topological polar surface area (TPSA) is 9.23 Å². The summed E-state index contributed by atoms with van der Waals surface area (Å²) in [4.78, 5) is 0.804. The molecular formula is C15H12Cl4OS. The Labute approximate surface area is 148 Å². The second-order valence-electron chi connectivity index (χ2n) is 4.30. The number of ether oxygens (including phenoxy) is 1. The Bertz CT molecular complexity index is 583.